The lowest BCUT2D eigenvalue weighted by Crippen LogP contribution is -2.46. The Morgan fingerprint density at radius 1 is 1.16 bits per heavy atom. The van der Waals surface area contributed by atoms with Crippen LogP contribution >= 0.6 is 0 Å². The highest BCUT2D eigenvalue weighted by Crippen LogP contribution is 2.50. The van der Waals surface area contributed by atoms with Gasteiger partial charge >= 0.3 is 0 Å². The summed E-state index contributed by atoms with van der Waals surface area (Å²) in [5, 5.41) is 7.77. The van der Waals surface area contributed by atoms with Crippen molar-refractivity contribution in [2.75, 3.05) is 18.0 Å². The molecule has 1 amide bonds. The van der Waals surface area contributed by atoms with Gasteiger partial charge in [0.2, 0.25) is 5.91 Å². The summed E-state index contributed by atoms with van der Waals surface area (Å²) < 4.78 is 3.80. The average molecular weight is 429 g/mol. The number of hydrogen-bond donors (Lipinski definition) is 1. The highest BCUT2D eigenvalue weighted by atomic mass is 16.2. The smallest absolute Gasteiger partial charge is 0.243 e. The van der Waals surface area contributed by atoms with E-state index in [1.807, 2.05) is 47.6 Å². The van der Waals surface area contributed by atoms with E-state index in [2.05, 4.69) is 26.4 Å². The van der Waals surface area contributed by atoms with Crippen molar-refractivity contribution in [3.63, 3.8) is 0 Å². The van der Waals surface area contributed by atoms with Gasteiger partial charge in [-0.15, -0.1) is 0 Å². The lowest BCUT2D eigenvalue weighted by molar-refractivity contribution is -0.123. The number of amides is 1. The summed E-state index contributed by atoms with van der Waals surface area (Å²) in [6.07, 6.45) is 6.84. The quantitative estimate of drug-likeness (QED) is 0.539. The number of anilines is 2. The molecular formula is C23H24N8O. The van der Waals surface area contributed by atoms with Crippen LogP contribution in [0, 0.1) is 0 Å². The van der Waals surface area contributed by atoms with Crippen molar-refractivity contribution >= 4 is 28.6 Å². The Kier molecular flexibility index (Phi) is 4.16. The summed E-state index contributed by atoms with van der Waals surface area (Å²) in [5.41, 5.74) is 3.67. The minimum Gasteiger partial charge on any atom is -0.317 e. The molecule has 162 valence electrons. The maximum absolute atomic E-state index is 14.0. The molecule has 3 aromatic heterocycles. The van der Waals surface area contributed by atoms with Gasteiger partial charge in [0.05, 0.1) is 22.9 Å². The number of para-hydroxylation sites is 1. The normalized spacial score (nSPS) is 17.4. The molecule has 9 nitrogen and oxygen atoms in total. The zero-order valence-electron chi connectivity index (χ0n) is 18.1. The van der Waals surface area contributed by atoms with Crippen LogP contribution in [0.3, 0.4) is 0 Å². The SMILES string of the molecule is CCn1cc(-c2nc3c(N4C(=O)C5(CCNCC5)c5ccccc54)ncnc3n2C)cn1. The number of rotatable bonds is 3. The van der Waals surface area contributed by atoms with Gasteiger partial charge in [0.1, 0.15) is 12.2 Å². The van der Waals surface area contributed by atoms with E-state index in [0.29, 0.717) is 17.0 Å². The fourth-order valence-corrected chi connectivity index (χ4v) is 5.12. The summed E-state index contributed by atoms with van der Waals surface area (Å²) in [5.74, 6) is 1.36. The standard InChI is InChI=1S/C23H24N8O/c1-3-30-13-15(12-27-30)19-28-18-20(29(19)2)25-14-26-21(18)31-17-7-5-4-6-16(17)23(22(31)32)8-10-24-11-9-23/h4-7,12-14,24H,3,8-11H2,1-2H3. The number of aromatic nitrogens is 6. The van der Waals surface area contributed by atoms with Gasteiger partial charge in [0.25, 0.3) is 0 Å². The van der Waals surface area contributed by atoms with Crippen molar-refractivity contribution in [1.29, 1.82) is 0 Å². The molecule has 0 aliphatic carbocycles. The van der Waals surface area contributed by atoms with Crippen LogP contribution in [0.15, 0.2) is 43.0 Å². The molecule has 5 heterocycles. The molecule has 4 aromatic rings. The molecule has 0 radical (unpaired) electrons. The van der Waals surface area contributed by atoms with Gasteiger partial charge in [-0.2, -0.15) is 5.10 Å². The van der Waals surface area contributed by atoms with Crippen LogP contribution in [0.5, 0.6) is 0 Å². The topological polar surface area (TPSA) is 93.8 Å². The lowest BCUT2D eigenvalue weighted by atomic mass is 9.74. The van der Waals surface area contributed by atoms with Crippen LogP contribution in [0.1, 0.15) is 25.3 Å². The Bertz CT molecular complexity index is 1350. The zero-order valence-corrected chi connectivity index (χ0v) is 18.1. The maximum atomic E-state index is 14.0. The third kappa shape index (κ3) is 2.51. The largest absolute Gasteiger partial charge is 0.317 e. The molecule has 32 heavy (non-hydrogen) atoms. The first-order valence-electron chi connectivity index (χ1n) is 11.0. The minimum absolute atomic E-state index is 0.0752. The van der Waals surface area contributed by atoms with Gasteiger partial charge in [-0.05, 0) is 44.5 Å². The zero-order chi connectivity index (χ0) is 21.9. The third-order valence-electron chi connectivity index (χ3n) is 6.79. The predicted molar refractivity (Wildman–Crippen MR) is 121 cm³/mol. The van der Waals surface area contributed by atoms with E-state index in [1.165, 1.54) is 6.33 Å². The number of benzene rings is 1. The fourth-order valence-electron chi connectivity index (χ4n) is 5.12. The van der Waals surface area contributed by atoms with E-state index in [0.717, 1.165) is 55.1 Å². The number of imidazole rings is 1. The summed E-state index contributed by atoms with van der Waals surface area (Å²) in [4.78, 5) is 29.7. The number of nitrogens with zero attached hydrogens (tertiary/aromatic N) is 7. The van der Waals surface area contributed by atoms with Gasteiger partial charge in [-0.25, -0.2) is 15.0 Å². The Morgan fingerprint density at radius 2 is 1.97 bits per heavy atom. The second-order valence-corrected chi connectivity index (χ2v) is 8.44. The van der Waals surface area contributed by atoms with E-state index in [4.69, 9.17) is 4.98 Å². The summed E-state index contributed by atoms with van der Waals surface area (Å²) >= 11 is 0. The molecule has 0 bridgehead atoms. The molecule has 1 N–H and O–H groups in total. The van der Waals surface area contributed by atoms with Crippen molar-refractivity contribution < 1.29 is 4.79 Å². The molecule has 0 saturated carbocycles. The number of aryl methyl sites for hydroxylation is 2. The molecule has 1 spiro atoms. The number of piperidine rings is 1. The third-order valence-corrected chi connectivity index (χ3v) is 6.79. The fraction of sp³-hybridized carbons (Fsp3) is 0.348. The Hall–Kier alpha value is -3.59. The number of nitrogens with one attached hydrogen (secondary N) is 1. The molecule has 1 fully saturated rings. The van der Waals surface area contributed by atoms with Crippen molar-refractivity contribution in [3.05, 3.63) is 48.5 Å². The number of fused-ring (bicyclic) bond motifs is 3. The predicted octanol–water partition coefficient (Wildman–Crippen LogP) is 2.55. The lowest BCUT2D eigenvalue weighted by Gasteiger charge is -2.32. The van der Waals surface area contributed by atoms with Crippen LogP contribution in [0.25, 0.3) is 22.6 Å². The van der Waals surface area contributed by atoms with E-state index in [1.54, 1.807) is 11.1 Å². The molecular weight excluding hydrogens is 404 g/mol. The van der Waals surface area contributed by atoms with Gasteiger partial charge < -0.3 is 9.88 Å². The summed E-state index contributed by atoms with van der Waals surface area (Å²) in [6, 6.07) is 8.08. The van der Waals surface area contributed by atoms with E-state index < -0.39 is 5.41 Å². The highest BCUT2D eigenvalue weighted by Gasteiger charge is 2.52. The van der Waals surface area contributed by atoms with Crippen LogP contribution in [-0.4, -0.2) is 48.3 Å². The molecule has 0 atom stereocenters. The van der Waals surface area contributed by atoms with Gasteiger partial charge in [0.15, 0.2) is 17.0 Å². The monoisotopic (exact) mass is 428 g/mol. The number of hydrogen-bond acceptors (Lipinski definition) is 6. The van der Waals surface area contributed by atoms with Crippen molar-refractivity contribution in [1.82, 2.24) is 34.6 Å². The number of carbonyl (C=O) groups is 1. The first kappa shape index (κ1) is 19.1. The second kappa shape index (κ2) is 6.96. The van der Waals surface area contributed by atoms with E-state index in [-0.39, 0.29) is 5.91 Å². The Morgan fingerprint density at radius 3 is 2.75 bits per heavy atom. The molecule has 1 aromatic carbocycles. The van der Waals surface area contributed by atoms with Gasteiger partial charge in [0, 0.05) is 19.8 Å². The molecule has 1 saturated heterocycles. The molecule has 2 aliphatic heterocycles. The Labute approximate surface area is 185 Å². The number of carbonyl (C=O) groups excluding carboxylic acids is 1. The maximum Gasteiger partial charge on any atom is 0.243 e. The van der Waals surface area contributed by atoms with Gasteiger partial charge in [-0.3, -0.25) is 14.4 Å². The minimum atomic E-state index is -0.515. The van der Waals surface area contributed by atoms with Crippen molar-refractivity contribution in [3.8, 4) is 11.4 Å². The molecule has 9 heteroatoms. The van der Waals surface area contributed by atoms with Crippen molar-refractivity contribution in [2.45, 2.75) is 31.7 Å². The van der Waals surface area contributed by atoms with E-state index >= 15 is 0 Å². The first-order chi connectivity index (χ1) is 15.6. The van der Waals surface area contributed by atoms with Crippen molar-refractivity contribution in [2.24, 2.45) is 7.05 Å². The van der Waals surface area contributed by atoms with Crippen LogP contribution in [-0.2, 0) is 23.8 Å². The highest BCUT2D eigenvalue weighted by molar-refractivity contribution is 6.15. The summed E-state index contributed by atoms with van der Waals surface area (Å²) in [6.45, 7) is 4.47. The van der Waals surface area contributed by atoms with Crippen LogP contribution < -0.4 is 10.2 Å². The first-order valence-corrected chi connectivity index (χ1v) is 11.0. The average Bonchev–Trinajstić information content (AvgIpc) is 3.50. The van der Waals surface area contributed by atoms with Crippen LogP contribution in [0.2, 0.25) is 0 Å². The Balaban J connectivity index is 1.54. The molecule has 2 aliphatic rings. The second-order valence-electron chi connectivity index (χ2n) is 8.44. The summed E-state index contributed by atoms with van der Waals surface area (Å²) in [7, 11) is 1.93. The van der Waals surface area contributed by atoms with Crippen LogP contribution in [0.4, 0.5) is 11.5 Å². The van der Waals surface area contributed by atoms with E-state index in [9.17, 15) is 4.79 Å². The van der Waals surface area contributed by atoms with Gasteiger partial charge in [-0.1, -0.05) is 18.2 Å². The molecule has 6 rings (SSSR count). The molecule has 0 unspecified atom stereocenters.